The molecule has 5 heteroatoms. The van der Waals surface area contributed by atoms with Crippen molar-refractivity contribution in [3.63, 3.8) is 0 Å². The van der Waals surface area contributed by atoms with Gasteiger partial charge in [-0.1, -0.05) is 31.5 Å². The molecule has 1 aromatic rings. The average molecular weight is 320 g/mol. The SMILES string of the molecule is C=CCCCCCN(C)C(=NCc1cc(C(C)C)no1)NCC. The van der Waals surface area contributed by atoms with E-state index < -0.39 is 0 Å². The molecule has 0 atom stereocenters. The summed E-state index contributed by atoms with van der Waals surface area (Å²) in [6.45, 7) is 12.4. The van der Waals surface area contributed by atoms with Gasteiger partial charge in [-0.15, -0.1) is 6.58 Å². The average Bonchev–Trinajstić information content (AvgIpc) is 3.00. The summed E-state index contributed by atoms with van der Waals surface area (Å²) in [6, 6.07) is 1.99. The summed E-state index contributed by atoms with van der Waals surface area (Å²) in [7, 11) is 2.08. The molecule has 0 saturated carbocycles. The van der Waals surface area contributed by atoms with Crippen LogP contribution >= 0.6 is 0 Å². The second-order valence-electron chi connectivity index (χ2n) is 6.10. The van der Waals surface area contributed by atoms with Crippen LogP contribution in [0, 0.1) is 0 Å². The fourth-order valence-electron chi connectivity index (χ4n) is 2.22. The van der Waals surface area contributed by atoms with Crippen LogP contribution in [-0.2, 0) is 6.54 Å². The monoisotopic (exact) mass is 320 g/mol. The van der Waals surface area contributed by atoms with Crippen molar-refractivity contribution in [1.29, 1.82) is 0 Å². The summed E-state index contributed by atoms with van der Waals surface area (Å²) in [5.41, 5.74) is 0.982. The number of nitrogens with zero attached hydrogens (tertiary/aromatic N) is 3. The van der Waals surface area contributed by atoms with Gasteiger partial charge in [-0.2, -0.15) is 0 Å². The van der Waals surface area contributed by atoms with Crippen LogP contribution in [0.3, 0.4) is 0 Å². The number of nitrogens with one attached hydrogen (secondary N) is 1. The zero-order valence-corrected chi connectivity index (χ0v) is 15.1. The van der Waals surface area contributed by atoms with Gasteiger partial charge < -0.3 is 14.7 Å². The number of rotatable bonds is 10. The third kappa shape index (κ3) is 7.35. The first-order chi connectivity index (χ1) is 11.1. The lowest BCUT2D eigenvalue weighted by Gasteiger charge is -2.21. The second kappa shape index (κ2) is 10.9. The van der Waals surface area contributed by atoms with E-state index in [2.05, 4.69) is 54.8 Å². The van der Waals surface area contributed by atoms with Crippen molar-refractivity contribution in [2.45, 2.75) is 58.9 Å². The fourth-order valence-corrected chi connectivity index (χ4v) is 2.22. The van der Waals surface area contributed by atoms with E-state index in [4.69, 9.17) is 4.52 Å². The minimum absolute atomic E-state index is 0.378. The van der Waals surface area contributed by atoms with Crippen LogP contribution in [0.25, 0.3) is 0 Å². The van der Waals surface area contributed by atoms with Crippen LogP contribution < -0.4 is 5.32 Å². The maximum Gasteiger partial charge on any atom is 0.194 e. The van der Waals surface area contributed by atoms with Crippen molar-refractivity contribution < 1.29 is 4.52 Å². The molecule has 0 unspecified atom stereocenters. The first-order valence-electron chi connectivity index (χ1n) is 8.64. The molecule has 1 N–H and O–H groups in total. The van der Waals surface area contributed by atoms with Gasteiger partial charge in [0.25, 0.3) is 0 Å². The fraction of sp³-hybridized carbons (Fsp3) is 0.667. The summed E-state index contributed by atoms with van der Waals surface area (Å²) in [5, 5.41) is 7.41. The molecule has 23 heavy (non-hydrogen) atoms. The summed E-state index contributed by atoms with van der Waals surface area (Å²) in [6.07, 6.45) is 6.67. The van der Waals surface area contributed by atoms with Gasteiger partial charge in [-0.05, 0) is 32.1 Å². The first-order valence-corrected chi connectivity index (χ1v) is 8.64. The largest absolute Gasteiger partial charge is 0.359 e. The number of hydrogen-bond donors (Lipinski definition) is 1. The molecular weight excluding hydrogens is 288 g/mol. The number of guanidine groups is 1. The third-order valence-corrected chi connectivity index (χ3v) is 3.65. The van der Waals surface area contributed by atoms with Gasteiger partial charge in [0.2, 0.25) is 0 Å². The zero-order chi connectivity index (χ0) is 17.1. The first kappa shape index (κ1) is 19.3. The van der Waals surface area contributed by atoms with Crippen molar-refractivity contribution in [2.24, 2.45) is 4.99 Å². The van der Waals surface area contributed by atoms with E-state index in [1.54, 1.807) is 0 Å². The number of unbranched alkanes of at least 4 members (excludes halogenated alkanes) is 3. The quantitative estimate of drug-likeness (QED) is 0.307. The molecule has 5 nitrogen and oxygen atoms in total. The molecule has 0 aliphatic heterocycles. The van der Waals surface area contributed by atoms with Crippen LogP contribution in [0.15, 0.2) is 28.2 Å². The Morgan fingerprint density at radius 2 is 2.22 bits per heavy atom. The lowest BCUT2D eigenvalue weighted by Crippen LogP contribution is -2.39. The Morgan fingerprint density at radius 1 is 1.43 bits per heavy atom. The molecule has 0 saturated heterocycles. The molecule has 1 heterocycles. The minimum Gasteiger partial charge on any atom is -0.359 e. The highest BCUT2D eigenvalue weighted by Gasteiger charge is 2.09. The van der Waals surface area contributed by atoms with Gasteiger partial charge in [0.15, 0.2) is 11.7 Å². The third-order valence-electron chi connectivity index (χ3n) is 3.65. The molecule has 130 valence electrons. The molecule has 0 bridgehead atoms. The van der Waals surface area contributed by atoms with Crippen LogP contribution in [0.4, 0.5) is 0 Å². The van der Waals surface area contributed by atoms with Crippen molar-refractivity contribution in [2.75, 3.05) is 20.1 Å². The Hall–Kier alpha value is -1.78. The maximum absolute atomic E-state index is 5.35. The maximum atomic E-state index is 5.35. The van der Waals surface area contributed by atoms with Crippen molar-refractivity contribution in [3.05, 3.63) is 30.2 Å². The van der Waals surface area contributed by atoms with E-state index in [-0.39, 0.29) is 0 Å². The highest BCUT2D eigenvalue weighted by atomic mass is 16.5. The van der Waals surface area contributed by atoms with Gasteiger partial charge in [0.1, 0.15) is 6.54 Å². The van der Waals surface area contributed by atoms with Crippen LogP contribution in [-0.4, -0.2) is 36.2 Å². The predicted molar refractivity (Wildman–Crippen MR) is 96.7 cm³/mol. The Morgan fingerprint density at radius 3 is 2.83 bits per heavy atom. The molecule has 0 amide bonds. The van der Waals surface area contributed by atoms with Crippen molar-refractivity contribution >= 4 is 5.96 Å². The van der Waals surface area contributed by atoms with Crippen molar-refractivity contribution in [1.82, 2.24) is 15.4 Å². The Kier molecular flexibility index (Phi) is 9.10. The number of hydrogen-bond acceptors (Lipinski definition) is 3. The van der Waals surface area contributed by atoms with E-state index >= 15 is 0 Å². The molecule has 0 fully saturated rings. The molecule has 1 rings (SSSR count). The van der Waals surface area contributed by atoms with Crippen LogP contribution in [0.2, 0.25) is 0 Å². The Bertz CT molecular complexity index is 479. The number of allylic oxidation sites excluding steroid dienone is 1. The predicted octanol–water partition coefficient (Wildman–Crippen LogP) is 3.94. The molecule has 0 spiro atoms. The minimum atomic E-state index is 0.378. The second-order valence-corrected chi connectivity index (χ2v) is 6.10. The highest BCUT2D eigenvalue weighted by Crippen LogP contribution is 2.14. The molecule has 0 aromatic carbocycles. The van der Waals surface area contributed by atoms with E-state index in [1.165, 1.54) is 12.8 Å². The van der Waals surface area contributed by atoms with Gasteiger partial charge in [0, 0.05) is 26.2 Å². The summed E-state index contributed by atoms with van der Waals surface area (Å²) in [4.78, 5) is 6.83. The zero-order valence-electron chi connectivity index (χ0n) is 15.1. The number of aromatic nitrogens is 1. The standard InChI is InChI=1S/C18H32N4O/c1-6-8-9-10-11-12-22(5)18(19-7-2)20-14-16-13-17(15(3)4)21-23-16/h6,13,15H,1,7-12,14H2,2-5H3,(H,19,20). The summed E-state index contributed by atoms with van der Waals surface area (Å²) in [5.74, 6) is 2.10. The van der Waals surface area contributed by atoms with E-state index in [0.717, 1.165) is 43.3 Å². The summed E-state index contributed by atoms with van der Waals surface area (Å²) < 4.78 is 5.35. The van der Waals surface area contributed by atoms with Gasteiger partial charge >= 0.3 is 0 Å². The van der Waals surface area contributed by atoms with Gasteiger partial charge in [-0.3, -0.25) is 0 Å². The normalized spacial score (nSPS) is 11.8. The van der Waals surface area contributed by atoms with Crippen LogP contribution in [0.1, 0.15) is 63.8 Å². The van der Waals surface area contributed by atoms with Crippen molar-refractivity contribution in [3.8, 4) is 0 Å². The van der Waals surface area contributed by atoms with E-state index in [9.17, 15) is 0 Å². The molecular formula is C18H32N4O. The lowest BCUT2D eigenvalue weighted by atomic mass is 10.1. The topological polar surface area (TPSA) is 53.7 Å². The molecule has 0 aliphatic rings. The molecule has 0 aliphatic carbocycles. The smallest absolute Gasteiger partial charge is 0.194 e. The van der Waals surface area contributed by atoms with Crippen LogP contribution in [0.5, 0.6) is 0 Å². The molecule has 1 aromatic heterocycles. The molecule has 0 radical (unpaired) electrons. The van der Waals surface area contributed by atoms with E-state index in [0.29, 0.717) is 12.5 Å². The highest BCUT2D eigenvalue weighted by molar-refractivity contribution is 5.79. The van der Waals surface area contributed by atoms with Gasteiger partial charge in [-0.25, -0.2) is 4.99 Å². The van der Waals surface area contributed by atoms with E-state index in [1.807, 2.05) is 12.1 Å². The number of aliphatic imine (C=N–C) groups is 1. The van der Waals surface area contributed by atoms with Gasteiger partial charge in [0.05, 0.1) is 5.69 Å². The Labute approximate surface area is 140 Å². The summed E-state index contributed by atoms with van der Waals surface area (Å²) >= 11 is 0. The Balaban J connectivity index is 2.52. The lowest BCUT2D eigenvalue weighted by molar-refractivity contribution is 0.375.